The largest absolute Gasteiger partial charge is 1.00 e. The summed E-state index contributed by atoms with van der Waals surface area (Å²) < 4.78 is 5.16. The Morgan fingerprint density at radius 2 is 1.15 bits per heavy atom. The standard InChI is InChI=1S/C23H46O2P.ClH/c1-6-9-18-26(19-10-7-2,20-11-8-3)21-16-14-12-13-15-17-25-23(24)22(4)5;/h4,6-21H2,1-3,5H3;1H/q+1;/p-1. The van der Waals surface area contributed by atoms with Gasteiger partial charge in [-0.25, -0.2) is 4.79 Å². The van der Waals surface area contributed by atoms with Gasteiger partial charge in [-0.05, 0) is 45.4 Å². The van der Waals surface area contributed by atoms with E-state index < -0.39 is 7.26 Å². The number of halogens is 1. The van der Waals surface area contributed by atoms with Crippen LogP contribution < -0.4 is 12.4 Å². The molecule has 0 heterocycles. The van der Waals surface area contributed by atoms with Gasteiger partial charge in [0.15, 0.2) is 0 Å². The van der Waals surface area contributed by atoms with Crippen molar-refractivity contribution in [2.45, 2.75) is 98.3 Å². The average molecular weight is 421 g/mol. The topological polar surface area (TPSA) is 26.3 Å². The summed E-state index contributed by atoms with van der Waals surface area (Å²) in [6.45, 7) is 12.9. The molecule has 0 spiro atoms. The van der Waals surface area contributed by atoms with E-state index >= 15 is 0 Å². The van der Waals surface area contributed by atoms with Gasteiger partial charge in [0.1, 0.15) is 0 Å². The SMILES string of the molecule is C=C(C)C(=O)OCCCCCCC[P+](CCCC)(CCCC)CCCC.[Cl-]. The van der Waals surface area contributed by atoms with E-state index in [9.17, 15) is 4.79 Å². The highest BCUT2D eigenvalue weighted by Crippen LogP contribution is 2.61. The van der Waals surface area contributed by atoms with Gasteiger partial charge in [0.25, 0.3) is 0 Å². The molecular weight excluding hydrogens is 375 g/mol. The smallest absolute Gasteiger partial charge is 0.333 e. The van der Waals surface area contributed by atoms with Crippen molar-refractivity contribution < 1.29 is 21.9 Å². The van der Waals surface area contributed by atoms with Crippen LogP contribution in [0.3, 0.4) is 0 Å². The van der Waals surface area contributed by atoms with Gasteiger partial charge in [0, 0.05) is 12.8 Å². The zero-order valence-electron chi connectivity index (χ0n) is 18.7. The Morgan fingerprint density at radius 3 is 1.59 bits per heavy atom. The highest BCUT2D eigenvalue weighted by Gasteiger charge is 2.34. The predicted molar refractivity (Wildman–Crippen MR) is 120 cm³/mol. The molecule has 0 rings (SSSR count). The molecule has 0 atom stereocenters. The molecule has 0 unspecified atom stereocenters. The molecule has 0 aliphatic heterocycles. The van der Waals surface area contributed by atoms with Crippen molar-refractivity contribution in [2.24, 2.45) is 0 Å². The first kappa shape index (κ1) is 29.1. The third-order valence-corrected chi connectivity index (χ3v) is 10.4. The first-order valence-electron chi connectivity index (χ1n) is 11.2. The third kappa shape index (κ3) is 15.5. The second-order valence-corrected chi connectivity index (χ2v) is 12.5. The number of rotatable bonds is 18. The molecule has 0 N–H and O–H groups in total. The summed E-state index contributed by atoms with van der Waals surface area (Å²) in [6, 6.07) is 0. The van der Waals surface area contributed by atoms with Crippen molar-refractivity contribution in [3.8, 4) is 0 Å². The molecule has 0 aliphatic carbocycles. The van der Waals surface area contributed by atoms with Gasteiger partial charge in [-0.15, -0.1) is 0 Å². The molecule has 0 aromatic rings. The number of ether oxygens (including phenoxy) is 1. The lowest BCUT2D eigenvalue weighted by Crippen LogP contribution is -3.00. The lowest BCUT2D eigenvalue weighted by Gasteiger charge is -2.28. The molecule has 162 valence electrons. The molecule has 0 aliphatic rings. The Morgan fingerprint density at radius 1 is 0.741 bits per heavy atom. The summed E-state index contributed by atoms with van der Waals surface area (Å²) in [6.07, 6.45) is 20.7. The zero-order valence-corrected chi connectivity index (χ0v) is 20.3. The van der Waals surface area contributed by atoms with Crippen LogP contribution >= 0.6 is 7.26 Å². The van der Waals surface area contributed by atoms with Crippen LogP contribution in [0.15, 0.2) is 12.2 Å². The second kappa shape index (κ2) is 19.3. The minimum atomic E-state index is -0.710. The summed E-state index contributed by atoms with van der Waals surface area (Å²) in [5.41, 5.74) is 0.497. The Bertz CT molecular complexity index is 350. The summed E-state index contributed by atoms with van der Waals surface area (Å²) in [5.74, 6) is -0.248. The van der Waals surface area contributed by atoms with Crippen LogP contribution in [0.4, 0.5) is 0 Å². The molecule has 27 heavy (non-hydrogen) atoms. The molecule has 2 nitrogen and oxygen atoms in total. The lowest BCUT2D eigenvalue weighted by molar-refractivity contribution is -0.139. The van der Waals surface area contributed by atoms with Gasteiger partial charge >= 0.3 is 5.97 Å². The second-order valence-electron chi connectivity index (χ2n) is 7.98. The lowest BCUT2D eigenvalue weighted by atomic mass is 10.2. The van der Waals surface area contributed by atoms with Crippen molar-refractivity contribution in [2.75, 3.05) is 31.3 Å². The Kier molecular flexibility index (Phi) is 20.8. The molecule has 0 aromatic carbocycles. The number of hydrogen-bond acceptors (Lipinski definition) is 2. The van der Waals surface area contributed by atoms with Crippen LogP contribution in [0, 0.1) is 0 Å². The van der Waals surface area contributed by atoms with Gasteiger partial charge in [-0.2, -0.15) is 0 Å². The normalized spacial score (nSPS) is 11.1. The fourth-order valence-electron chi connectivity index (χ4n) is 3.52. The third-order valence-electron chi connectivity index (χ3n) is 5.32. The van der Waals surface area contributed by atoms with Crippen molar-refractivity contribution in [3.63, 3.8) is 0 Å². The maximum absolute atomic E-state index is 11.3. The molecule has 0 bridgehead atoms. The monoisotopic (exact) mass is 420 g/mol. The van der Waals surface area contributed by atoms with Crippen molar-refractivity contribution >= 4 is 13.2 Å². The number of unbranched alkanes of at least 4 members (excludes halogenated alkanes) is 7. The number of carbonyl (C=O) groups is 1. The van der Waals surface area contributed by atoms with E-state index in [1.807, 2.05) is 0 Å². The van der Waals surface area contributed by atoms with Crippen LogP contribution in [0.5, 0.6) is 0 Å². The molecule has 4 heteroatoms. The minimum absolute atomic E-state index is 0. The van der Waals surface area contributed by atoms with Crippen LogP contribution in [-0.2, 0) is 9.53 Å². The fraction of sp³-hybridized carbons (Fsp3) is 0.870. The molecule has 0 fully saturated rings. The molecule has 0 saturated heterocycles. The highest BCUT2D eigenvalue weighted by atomic mass is 35.5. The van der Waals surface area contributed by atoms with Gasteiger partial charge < -0.3 is 17.1 Å². The van der Waals surface area contributed by atoms with Crippen molar-refractivity contribution in [3.05, 3.63) is 12.2 Å². The fourth-order valence-corrected chi connectivity index (χ4v) is 8.72. The summed E-state index contributed by atoms with van der Waals surface area (Å²) in [4.78, 5) is 11.3. The molecule has 0 radical (unpaired) electrons. The van der Waals surface area contributed by atoms with E-state index in [0.717, 1.165) is 6.42 Å². The van der Waals surface area contributed by atoms with E-state index in [4.69, 9.17) is 4.74 Å². The van der Waals surface area contributed by atoms with E-state index in [0.29, 0.717) is 12.2 Å². The maximum atomic E-state index is 11.3. The molecule has 0 saturated carbocycles. The number of hydrogen-bond donors (Lipinski definition) is 0. The van der Waals surface area contributed by atoms with E-state index in [-0.39, 0.29) is 18.4 Å². The average Bonchev–Trinajstić information content (AvgIpc) is 2.64. The summed E-state index contributed by atoms with van der Waals surface area (Å²) in [7, 11) is -0.710. The number of carbonyl (C=O) groups excluding carboxylic acids is 1. The van der Waals surface area contributed by atoms with E-state index in [1.54, 1.807) is 25.4 Å². The molecular formula is C23H46ClO2P. The summed E-state index contributed by atoms with van der Waals surface area (Å²) >= 11 is 0. The predicted octanol–water partition coefficient (Wildman–Crippen LogP) is 4.48. The quantitative estimate of drug-likeness (QED) is 0.141. The van der Waals surface area contributed by atoms with Gasteiger partial charge in [0.05, 0.1) is 31.3 Å². The van der Waals surface area contributed by atoms with Gasteiger partial charge in [-0.3, -0.25) is 0 Å². The van der Waals surface area contributed by atoms with Crippen LogP contribution in [0.2, 0.25) is 0 Å². The zero-order chi connectivity index (χ0) is 19.7. The van der Waals surface area contributed by atoms with Crippen LogP contribution in [0.25, 0.3) is 0 Å². The van der Waals surface area contributed by atoms with E-state index in [2.05, 4.69) is 27.4 Å². The molecule has 0 amide bonds. The van der Waals surface area contributed by atoms with E-state index in [1.165, 1.54) is 70.4 Å². The van der Waals surface area contributed by atoms with Gasteiger partial charge in [-0.1, -0.05) is 59.5 Å². The first-order valence-corrected chi connectivity index (χ1v) is 13.7. The van der Waals surface area contributed by atoms with Crippen LogP contribution in [-0.4, -0.2) is 37.2 Å². The minimum Gasteiger partial charge on any atom is -1.00 e. The van der Waals surface area contributed by atoms with Crippen molar-refractivity contribution in [1.82, 2.24) is 0 Å². The van der Waals surface area contributed by atoms with Crippen LogP contribution in [0.1, 0.15) is 98.3 Å². The Balaban J connectivity index is 0. The number of esters is 1. The molecule has 0 aromatic heterocycles. The first-order chi connectivity index (χ1) is 12.5. The van der Waals surface area contributed by atoms with Crippen molar-refractivity contribution in [1.29, 1.82) is 0 Å². The maximum Gasteiger partial charge on any atom is 0.333 e. The summed E-state index contributed by atoms with van der Waals surface area (Å²) in [5, 5.41) is 0. The Labute approximate surface area is 177 Å². The van der Waals surface area contributed by atoms with Gasteiger partial charge in [0.2, 0.25) is 0 Å². The highest BCUT2D eigenvalue weighted by molar-refractivity contribution is 7.75. The Hall–Kier alpha value is -0.0700.